The van der Waals surface area contributed by atoms with Crippen LogP contribution < -0.4 is 10.2 Å². The van der Waals surface area contributed by atoms with Gasteiger partial charge in [0.05, 0.1) is 11.6 Å². The number of aryl methyl sites for hydroxylation is 1. The molecular formula is C20H21N3O2. The number of nitriles is 1. The Hall–Kier alpha value is -3.13. The monoisotopic (exact) mass is 335 g/mol. The summed E-state index contributed by atoms with van der Waals surface area (Å²) < 4.78 is 0. The largest absolute Gasteiger partial charge is 0.326 e. The molecule has 5 nitrogen and oxygen atoms in total. The number of hydrogen-bond acceptors (Lipinski definition) is 3. The molecule has 0 heterocycles. The Morgan fingerprint density at radius 2 is 1.80 bits per heavy atom. The van der Waals surface area contributed by atoms with Crippen molar-refractivity contribution in [2.75, 3.05) is 16.8 Å². The van der Waals surface area contributed by atoms with Gasteiger partial charge < -0.3 is 10.2 Å². The number of rotatable bonds is 5. The lowest BCUT2D eigenvalue weighted by molar-refractivity contribution is -0.117. The van der Waals surface area contributed by atoms with Crippen LogP contribution in [0.3, 0.4) is 0 Å². The number of carbonyl (C=O) groups is 2. The Kier molecular flexibility index (Phi) is 5.91. The lowest BCUT2D eigenvalue weighted by Gasteiger charge is -2.23. The van der Waals surface area contributed by atoms with Crippen molar-refractivity contribution in [1.82, 2.24) is 0 Å². The number of nitrogens with zero attached hydrogens (tertiary/aromatic N) is 2. The van der Waals surface area contributed by atoms with Crippen LogP contribution in [0.1, 0.15) is 30.0 Å². The summed E-state index contributed by atoms with van der Waals surface area (Å²) in [6, 6.07) is 14.5. The summed E-state index contributed by atoms with van der Waals surface area (Å²) in [5.74, 6) is -0.277. The third-order valence-electron chi connectivity index (χ3n) is 4.11. The number of hydrogen-bond donors (Lipinski definition) is 1. The Balaban J connectivity index is 2.03. The second kappa shape index (κ2) is 8.11. The van der Waals surface area contributed by atoms with Crippen LogP contribution in [0.5, 0.6) is 0 Å². The molecule has 2 rings (SSSR count). The van der Waals surface area contributed by atoms with Crippen LogP contribution in [0.4, 0.5) is 11.4 Å². The fourth-order valence-corrected chi connectivity index (χ4v) is 2.54. The van der Waals surface area contributed by atoms with Crippen molar-refractivity contribution in [3.05, 3.63) is 59.2 Å². The van der Waals surface area contributed by atoms with E-state index in [4.69, 9.17) is 5.26 Å². The molecule has 0 saturated heterocycles. The average Bonchev–Trinajstić information content (AvgIpc) is 2.59. The molecule has 0 aliphatic heterocycles. The van der Waals surface area contributed by atoms with E-state index < -0.39 is 0 Å². The van der Waals surface area contributed by atoms with Gasteiger partial charge in [-0.2, -0.15) is 5.26 Å². The van der Waals surface area contributed by atoms with Crippen LogP contribution in [0.2, 0.25) is 0 Å². The maximum absolute atomic E-state index is 12.2. The third kappa shape index (κ3) is 4.67. The molecule has 0 saturated carbocycles. The second-order valence-electron chi connectivity index (χ2n) is 5.88. The quantitative estimate of drug-likeness (QED) is 0.908. The highest BCUT2D eigenvalue weighted by Gasteiger charge is 2.16. The summed E-state index contributed by atoms with van der Waals surface area (Å²) >= 11 is 0. The van der Waals surface area contributed by atoms with Gasteiger partial charge in [-0.15, -0.1) is 0 Å². The van der Waals surface area contributed by atoms with Crippen LogP contribution >= 0.6 is 0 Å². The van der Waals surface area contributed by atoms with Gasteiger partial charge >= 0.3 is 0 Å². The van der Waals surface area contributed by atoms with E-state index in [-0.39, 0.29) is 18.2 Å². The van der Waals surface area contributed by atoms with E-state index in [1.165, 1.54) is 6.92 Å². The van der Waals surface area contributed by atoms with Crippen molar-refractivity contribution in [2.24, 2.45) is 0 Å². The summed E-state index contributed by atoms with van der Waals surface area (Å²) in [7, 11) is 0. The van der Waals surface area contributed by atoms with E-state index in [9.17, 15) is 9.59 Å². The Morgan fingerprint density at radius 3 is 2.40 bits per heavy atom. The molecule has 0 spiro atoms. The minimum absolute atomic E-state index is 0.0973. The fraction of sp³-hybridized carbons (Fsp3) is 0.250. The molecule has 2 aromatic carbocycles. The van der Waals surface area contributed by atoms with Gasteiger partial charge in [-0.1, -0.05) is 12.1 Å². The van der Waals surface area contributed by atoms with Crippen LogP contribution in [0.15, 0.2) is 42.5 Å². The highest BCUT2D eigenvalue weighted by atomic mass is 16.2. The summed E-state index contributed by atoms with van der Waals surface area (Å²) in [5, 5.41) is 11.6. The molecule has 0 aliphatic carbocycles. The predicted octanol–water partition coefficient (Wildman–Crippen LogP) is 3.56. The number of carbonyl (C=O) groups excluding carboxylic acids is 2. The molecule has 0 bridgehead atoms. The van der Waals surface area contributed by atoms with Crippen molar-refractivity contribution < 1.29 is 9.59 Å². The minimum atomic E-state index is -0.179. The SMILES string of the molecule is CC(=O)N(CCC(=O)Nc1ccc(C#N)cc1)c1cccc(C)c1C. The van der Waals surface area contributed by atoms with E-state index >= 15 is 0 Å². The van der Waals surface area contributed by atoms with Crippen molar-refractivity contribution >= 4 is 23.2 Å². The molecule has 2 aromatic rings. The zero-order chi connectivity index (χ0) is 18.4. The van der Waals surface area contributed by atoms with E-state index in [1.807, 2.05) is 38.1 Å². The van der Waals surface area contributed by atoms with Crippen molar-refractivity contribution in [3.63, 3.8) is 0 Å². The lowest BCUT2D eigenvalue weighted by atomic mass is 10.1. The molecule has 1 N–H and O–H groups in total. The van der Waals surface area contributed by atoms with Gasteiger partial charge in [-0.25, -0.2) is 0 Å². The van der Waals surface area contributed by atoms with Gasteiger partial charge in [0.1, 0.15) is 0 Å². The Bertz CT molecular complexity index is 820. The summed E-state index contributed by atoms with van der Waals surface area (Å²) in [6.45, 7) is 5.77. The van der Waals surface area contributed by atoms with Crippen molar-refractivity contribution in [3.8, 4) is 6.07 Å². The molecule has 0 fully saturated rings. The van der Waals surface area contributed by atoms with Gasteiger partial charge in [0, 0.05) is 31.3 Å². The summed E-state index contributed by atoms with van der Waals surface area (Å²) in [4.78, 5) is 25.8. The third-order valence-corrected chi connectivity index (χ3v) is 4.11. The zero-order valence-electron chi connectivity index (χ0n) is 14.7. The number of nitrogens with one attached hydrogen (secondary N) is 1. The molecular weight excluding hydrogens is 314 g/mol. The van der Waals surface area contributed by atoms with Crippen molar-refractivity contribution in [2.45, 2.75) is 27.2 Å². The van der Waals surface area contributed by atoms with E-state index in [1.54, 1.807) is 29.2 Å². The standard InChI is InChI=1S/C20H21N3O2/c1-14-5-4-6-19(15(14)2)23(16(3)24)12-11-20(25)22-18-9-7-17(13-21)8-10-18/h4-10H,11-12H2,1-3H3,(H,22,25). The molecule has 0 unspecified atom stereocenters. The first-order chi connectivity index (χ1) is 11.9. The highest BCUT2D eigenvalue weighted by Crippen LogP contribution is 2.23. The average molecular weight is 335 g/mol. The first kappa shape index (κ1) is 18.2. The van der Waals surface area contributed by atoms with Gasteiger partial charge in [0.15, 0.2) is 0 Å². The van der Waals surface area contributed by atoms with Gasteiger partial charge in [-0.05, 0) is 55.3 Å². The molecule has 0 radical (unpaired) electrons. The first-order valence-corrected chi connectivity index (χ1v) is 8.06. The van der Waals surface area contributed by atoms with Crippen LogP contribution in [0, 0.1) is 25.2 Å². The highest BCUT2D eigenvalue weighted by molar-refractivity contribution is 5.95. The summed E-state index contributed by atoms with van der Waals surface area (Å²) in [5.41, 5.74) is 4.13. The molecule has 0 aromatic heterocycles. The maximum atomic E-state index is 12.2. The minimum Gasteiger partial charge on any atom is -0.326 e. The van der Waals surface area contributed by atoms with Crippen LogP contribution in [-0.2, 0) is 9.59 Å². The normalized spacial score (nSPS) is 10.0. The smallest absolute Gasteiger partial charge is 0.226 e. The number of amides is 2. The Labute approximate surface area is 147 Å². The maximum Gasteiger partial charge on any atom is 0.226 e. The number of benzene rings is 2. The van der Waals surface area contributed by atoms with Gasteiger partial charge in [-0.3, -0.25) is 9.59 Å². The fourth-order valence-electron chi connectivity index (χ4n) is 2.54. The van der Waals surface area contributed by atoms with Crippen molar-refractivity contribution in [1.29, 1.82) is 5.26 Å². The van der Waals surface area contributed by atoms with Crippen LogP contribution in [0.25, 0.3) is 0 Å². The van der Waals surface area contributed by atoms with E-state index in [2.05, 4.69) is 5.32 Å². The van der Waals surface area contributed by atoms with E-state index in [0.29, 0.717) is 17.8 Å². The van der Waals surface area contributed by atoms with E-state index in [0.717, 1.165) is 16.8 Å². The molecule has 5 heteroatoms. The van der Waals surface area contributed by atoms with Gasteiger partial charge in [0.2, 0.25) is 11.8 Å². The predicted molar refractivity (Wildman–Crippen MR) is 98.3 cm³/mol. The van der Waals surface area contributed by atoms with Crippen LogP contribution in [-0.4, -0.2) is 18.4 Å². The topological polar surface area (TPSA) is 73.2 Å². The summed E-state index contributed by atoms with van der Waals surface area (Å²) in [6.07, 6.45) is 0.187. The molecule has 0 aliphatic rings. The lowest BCUT2D eigenvalue weighted by Crippen LogP contribution is -2.32. The molecule has 0 atom stereocenters. The van der Waals surface area contributed by atoms with Gasteiger partial charge in [0.25, 0.3) is 0 Å². The first-order valence-electron chi connectivity index (χ1n) is 8.06. The zero-order valence-corrected chi connectivity index (χ0v) is 14.7. The number of anilines is 2. The molecule has 2 amide bonds. The Morgan fingerprint density at radius 1 is 1.12 bits per heavy atom. The molecule has 128 valence electrons. The second-order valence-corrected chi connectivity index (χ2v) is 5.88. The molecule has 25 heavy (non-hydrogen) atoms.